The molecule has 10 atom stereocenters. The number of rotatable bonds is 38. The fraction of sp³-hybridized carbons (Fsp3) is 0.652. The number of likely N-dealkylation sites (tertiary alicyclic amines) is 1. The number of aromatic nitrogens is 1. The highest BCUT2D eigenvalue weighted by atomic mass is 32.1. The number of hydrogen-bond acceptors (Lipinski definition) is 16. The second kappa shape index (κ2) is 38.8. The van der Waals surface area contributed by atoms with Crippen molar-refractivity contribution in [3.8, 4) is 5.75 Å². The van der Waals surface area contributed by atoms with Gasteiger partial charge in [0.05, 0.1) is 18.0 Å². The molecule has 25 heteroatoms. The van der Waals surface area contributed by atoms with Crippen LogP contribution in [0.25, 0.3) is 0 Å². The van der Waals surface area contributed by atoms with E-state index in [-0.39, 0.29) is 105 Å². The number of aliphatic carboxylic acids is 1. The number of amides is 8. The molecule has 1 aliphatic rings. The van der Waals surface area contributed by atoms with Crippen molar-refractivity contribution in [1.29, 1.82) is 0 Å². The van der Waals surface area contributed by atoms with E-state index < -0.39 is 72.1 Å². The van der Waals surface area contributed by atoms with E-state index in [1.165, 1.54) is 35.2 Å². The Bertz CT molecular complexity index is 2770. The molecule has 8 amide bonds. The van der Waals surface area contributed by atoms with Gasteiger partial charge in [0, 0.05) is 75.6 Å². The Kier molecular flexibility index (Phi) is 32.6. The van der Waals surface area contributed by atoms with Crippen LogP contribution in [0.3, 0.4) is 0 Å². The highest BCUT2D eigenvalue weighted by molar-refractivity contribution is 7.09. The quantitative estimate of drug-likeness (QED) is 0.0251. The predicted octanol–water partition coefficient (Wildman–Crippen LogP) is 8.15. The van der Waals surface area contributed by atoms with Gasteiger partial charge < -0.3 is 67.2 Å². The third-order valence-electron chi connectivity index (χ3n) is 17.0. The molecule has 3 aromatic rings. The molecule has 0 bridgehead atoms. The molecule has 1 aromatic heterocycles. The molecule has 1 unspecified atom stereocenters. The van der Waals surface area contributed by atoms with Crippen LogP contribution in [-0.4, -0.2) is 180 Å². The highest BCUT2D eigenvalue weighted by Gasteiger charge is 2.38. The third kappa shape index (κ3) is 25.2. The van der Waals surface area contributed by atoms with E-state index in [0.29, 0.717) is 35.7 Å². The van der Waals surface area contributed by atoms with Gasteiger partial charge in [-0.25, -0.2) is 19.4 Å². The van der Waals surface area contributed by atoms with Gasteiger partial charge in [0.1, 0.15) is 35.2 Å². The zero-order valence-electron chi connectivity index (χ0n) is 56.1. The number of piperidine rings is 1. The smallest absolute Gasteiger partial charge is 0.415 e. The van der Waals surface area contributed by atoms with Crippen LogP contribution < -0.4 is 42.8 Å². The van der Waals surface area contributed by atoms with E-state index in [0.717, 1.165) is 57.2 Å². The van der Waals surface area contributed by atoms with Gasteiger partial charge in [0.15, 0.2) is 0 Å². The van der Waals surface area contributed by atoms with E-state index in [2.05, 4.69) is 84.8 Å². The fourth-order valence-electron chi connectivity index (χ4n) is 11.0. The first kappa shape index (κ1) is 76.5. The summed E-state index contributed by atoms with van der Waals surface area (Å²) < 4.78 is 17.7. The molecule has 4 rings (SSSR count). The van der Waals surface area contributed by atoms with Gasteiger partial charge in [0.25, 0.3) is 5.91 Å². The Balaban J connectivity index is 1.34. The summed E-state index contributed by atoms with van der Waals surface area (Å²) in [6.45, 7) is 23.1. The molecular formula is C66H106N12O12S. The van der Waals surface area contributed by atoms with E-state index in [4.69, 9.17) is 30.7 Å². The van der Waals surface area contributed by atoms with Crippen molar-refractivity contribution in [2.24, 2.45) is 35.1 Å². The molecule has 0 radical (unpaired) electrons. The zero-order chi connectivity index (χ0) is 67.5. The SMILES string of the molecule is CCCOC(C[C@H](C(C)C)N(CCC)[C@H](C)[C@@H](NC(=O)[C@H]1CCCCN1C)[C@@H](C)CC)c1nc(C(=O)N[C@@H](Cc2ccc(OC(=O)N(C)CCN(C)C(=O)OCc3ccc(NC(=O)[C@@H](CCCNC(N)=O)NC(=O)[C@H](N)C(C)C)cc3)cc2)C[C@H](C)C(=O)O)cs1. The van der Waals surface area contributed by atoms with Crippen molar-refractivity contribution in [3.63, 3.8) is 0 Å². The lowest BCUT2D eigenvalue weighted by Crippen LogP contribution is -2.60. The summed E-state index contributed by atoms with van der Waals surface area (Å²) in [5.41, 5.74) is 13.2. The van der Waals surface area contributed by atoms with Gasteiger partial charge in [-0.15, -0.1) is 11.3 Å². The Morgan fingerprint density at radius 3 is 2.05 bits per heavy atom. The number of nitrogens with zero attached hydrogens (tertiary/aromatic N) is 5. The van der Waals surface area contributed by atoms with Crippen molar-refractivity contribution in [2.45, 2.75) is 195 Å². The third-order valence-corrected chi connectivity index (χ3v) is 17.9. The average molecular weight is 1290 g/mol. The van der Waals surface area contributed by atoms with Gasteiger partial charge in [-0.05, 0) is 138 Å². The molecule has 1 aliphatic heterocycles. The number of thiazole rings is 1. The van der Waals surface area contributed by atoms with Crippen LogP contribution in [0.5, 0.6) is 5.75 Å². The first-order valence-corrected chi connectivity index (χ1v) is 33.3. The van der Waals surface area contributed by atoms with Crippen molar-refractivity contribution in [2.75, 3.05) is 65.8 Å². The standard InChI is InChI=1S/C66H106N12O12S/c1-14-31-78(45(10)57(43(8)16-3)74-60(81)53-21-17-18-32-75(53)11)54(41(4)5)38-55(88-35-15-2)62-73-52(40-91-62)59(80)71-49(36-44(9)63(83)84)37-46-24-28-50(29-25-46)90-66(87)77(13)34-33-76(12)65(86)89-39-47-22-26-48(27-23-47)70-58(79)51(20-19-30-69-64(68)85)72-61(82)56(67)42(6)7/h22-29,40-45,49,51,53-57H,14-21,30-39,67H2,1-13H3,(H,70,79)(H,71,80)(H,72,82)(H,74,81)(H,83,84)(H3,68,69,85)/t43-,44-,45+,49+,51+,53+,54+,55?,56+,57-/m0/s1. The van der Waals surface area contributed by atoms with Gasteiger partial charge in [-0.1, -0.05) is 99.4 Å². The molecule has 0 spiro atoms. The number of ether oxygens (including phenoxy) is 3. The summed E-state index contributed by atoms with van der Waals surface area (Å²) in [6, 6.07) is 10.1. The Hall–Kier alpha value is -6.93. The Morgan fingerprint density at radius 2 is 1.46 bits per heavy atom. The summed E-state index contributed by atoms with van der Waals surface area (Å²) >= 11 is 1.37. The van der Waals surface area contributed by atoms with Crippen LogP contribution >= 0.6 is 11.3 Å². The minimum atomic E-state index is -0.997. The monoisotopic (exact) mass is 1290 g/mol. The minimum absolute atomic E-state index is 0.0197. The first-order valence-electron chi connectivity index (χ1n) is 32.4. The molecule has 0 saturated carbocycles. The number of primary amides is 1. The van der Waals surface area contributed by atoms with Crippen LogP contribution in [0.2, 0.25) is 0 Å². The second-order valence-corrected chi connectivity index (χ2v) is 26.0. The van der Waals surface area contributed by atoms with Crippen LogP contribution in [-0.2, 0) is 41.7 Å². The number of urea groups is 1. The molecular weight excluding hydrogens is 1180 g/mol. The molecule has 1 saturated heterocycles. The number of benzene rings is 2. The molecule has 0 aliphatic carbocycles. The summed E-state index contributed by atoms with van der Waals surface area (Å²) in [4.78, 5) is 116. The van der Waals surface area contributed by atoms with E-state index in [9.17, 15) is 43.5 Å². The summed E-state index contributed by atoms with van der Waals surface area (Å²) in [7, 11) is 5.11. The van der Waals surface area contributed by atoms with Crippen molar-refractivity contribution in [1.82, 2.24) is 45.9 Å². The van der Waals surface area contributed by atoms with Crippen LogP contribution in [0.15, 0.2) is 53.9 Å². The largest absolute Gasteiger partial charge is 0.481 e. The number of nitrogens with two attached hydrogens (primary N) is 2. The fourth-order valence-corrected chi connectivity index (χ4v) is 11.9. The number of carboxylic acids is 1. The molecule has 2 aromatic carbocycles. The van der Waals surface area contributed by atoms with Crippen molar-refractivity contribution >= 4 is 64.8 Å². The van der Waals surface area contributed by atoms with Crippen LogP contribution in [0.1, 0.15) is 166 Å². The number of carbonyl (C=O) groups excluding carboxylic acids is 7. The Morgan fingerprint density at radius 1 is 0.802 bits per heavy atom. The van der Waals surface area contributed by atoms with Crippen LogP contribution in [0.4, 0.5) is 20.1 Å². The number of hydrogen-bond donors (Lipinski definition) is 8. The number of carbonyl (C=O) groups is 8. The van der Waals surface area contributed by atoms with Gasteiger partial charge in [0.2, 0.25) is 17.7 Å². The van der Waals surface area contributed by atoms with E-state index in [1.807, 2.05) is 7.05 Å². The number of carboxylic acid groups (broad SMARTS) is 1. The van der Waals surface area contributed by atoms with E-state index in [1.54, 1.807) is 74.7 Å². The summed E-state index contributed by atoms with van der Waals surface area (Å²) in [5, 5.41) is 26.9. The van der Waals surface area contributed by atoms with Crippen molar-refractivity contribution < 1.29 is 57.7 Å². The van der Waals surface area contributed by atoms with E-state index >= 15 is 0 Å². The molecule has 508 valence electrons. The summed E-state index contributed by atoms with van der Waals surface area (Å²) in [5.74, 6) is -2.54. The normalized spacial score (nSPS) is 16.5. The summed E-state index contributed by atoms with van der Waals surface area (Å²) in [6.07, 6.45) is 5.50. The molecule has 24 nitrogen and oxygen atoms in total. The maximum atomic E-state index is 14.1. The zero-order valence-corrected chi connectivity index (χ0v) is 56.9. The van der Waals surface area contributed by atoms with Gasteiger partial charge >= 0.3 is 24.2 Å². The first-order chi connectivity index (χ1) is 43.2. The number of likely N-dealkylation sites (N-methyl/N-ethyl adjacent to an activating group) is 3. The minimum Gasteiger partial charge on any atom is -0.481 e. The lowest BCUT2D eigenvalue weighted by atomic mass is 9.88. The lowest BCUT2D eigenvalue weighted by Gasteiger charge is -2.45. The number of anilines is 1. The maximum Gasteiger partial charge on any atom is 0.415 e. The number of nitrogens with one attached hydrogen (secondary N) is 5. The highest BCUT2D eigenvalue weighted by Crippen LogP contribution is 2.33. The van der Waals surface area contributed by atoms with Crippen molar-refractivity contribution in [3.05, 3.63) is 75.7 Å². The predicted molar refractivity (Wildman–Crippen MR) is 353 cm³/mol. The Labute approximate surface area is 543 Å². The molecule has 1 fully saturated rings. The lowest BCUT2D eigenvalue weighted by molar-refractivity contribution is -0.141. The molecule has 10 N–H and O–H groups in total. The molecule has 2 heterocycles. The molecule has 91 heavy (non-hydrogen) atoms. The van der Waals surface area contributed by atoms with Gasteiger partial charge in [-0.2, -0.15) is 0 Å². The second-order valence-electron chi connectivity index (χ2n) is 25.1. The van der Waals surface area contributed by atoms with Crippen LogP contribution in [0, 0.1) is 23.7 Å². The average Bonchev–Trinajstić information content (AvgIpc) is 2.54. The van der Waals surface area contributed by atoms with Gasteiger partial charge in [-0.3, -0.25) is 33.8 Å². The maximum absolute atomic E-state index is 14.1. The topological polar surface area (TPSA) is 323 Å².